The molecule has 34 heavy (non-hydrogen) atoms. The van der Waals surface area contributed by atoms with Crippen molar-refractivity contribution in [2.24, 2.45) is 0 Å². The molecule has 0 saturated heterocycles. The first-order valence-electron chi connectivity index (χ1n) is 9.35. The summed E-state index contributed by atoms with van der Waals surface area (Å²) in [5.41, 5.74) is 5.46. The summed E-state index contributed by atoms with van der Waals surface area (Å²) in [6.45, 7) is 0.498. The lowest BCUT2D eigenvalue weighted by atomic mass is 10.1. The first-order valence-corrected chi connectivity index (χ1v) is 9.73. The maximum absolute atomic E-state index is 11.4. The number of aromatic hydroxyl groups is 1. The van der Waals surface area contributed by atoms with Crippen molar-refractivity contribution in [2.45, 2.75) is 6.54 Å². The van der Waals surface area contributed by atoms with Crippen molar-refractivity contribution < 1.29 is 24.5 Å². The van der Waals surface area contributed by atoms with Crippen molar-refractivity contribution in [1.29, 1.82) is 0 Å². The third-order valence-electron chi connectivity index (χ3n) is 4.49. The van der Waals surface area contributed by atoms with Gasteiger partial charge in [0.2, 0.25) is 11.7 Å². The van der Waals surface area contributed by atoms with Gasteiger partial charge in [-0.05, 0) is 29.5 Å². The zero-order valence-corrected chi connectivity index (χ0v) is 18.2. The largest absolute Gasteiger partial charge is 0.493 e. The van der Waals surface area contributed by atoms with Crippen molar-refractivity contribution in [1.82, 2.24) is 19.2 Å². The van der Waals surface area contributed by atoms with E-state index in [4.69, 9.17) is 22.6 Å². The molecule has 0 aliphatic heterocycles. The molecule has 14 heteroatoms. The maximum atomic E-state index is 11.4. The van der Waals surface area contributed by atoms with E-state index in [9.17, 15) is 24.3 Å². The highest BCUT2D eigenvalue weighted by atomic mass is 35.5. The molecule has 13 nitrogen and oxygen atoms in total. The number of nitrogens with two attached hydrogens (primary N) is 1. The van der Waals surface area contributed by atoms with Gasteiger partial charge in [-0.2, -0.15) is 0 Å². The van der Waals surface area contributed by atoms with Crippen LogP contribution in [0.4, 0.5) is 17.1 Å². The number of imidazole rings is 1. The van der Waals surface area contributed by atoms with Gasteiger partial charge in [0, 0.05) is 18.3 Å². The predicted molar refractivity (Wildman–Crippen MR) is 121 cm³/mol. The number of carboxylic acid groups (broad SMARTS) is 1. The summed E-state index contributed by atoms with van der Waals surface area (Å²) in [6.07, 6.45) is 1.06. The maximum Gasteiger partial charge on any atom is 0.355 e. The zero-order valence-electron chi connectivity index (χ0n) is 17.4. The summed E-state index contributed by atoms with van der Waals surface area (Å²) >= 11 is 5.40. The molecule has 0 saturated carbocycles. The lowest BCUT2D eigenvalue weighted by Crippen LogP contribution is -2.36. The Bertz CT molecular complexity index is 1460. The number of methoxy groups -OCH3 is 1. The lowest BCUT2D eigenvalue weighted by Gasteiger charge is -2.10. The number of aromatic nitrogens is 3. The van der Waals surface area contributed by atoms with E-state index >= 15 is 0 Å². The Labute approximate surface area is 195 Å². The quantitative estimate of drug-likeness (QED) is 0.145. The number of aromatic carboxylic acids is 1. The normalized spacial score (nSPS) is 10.5. The van der Waals surface area contributed by atoms with Crippen LogP contribution in [0.2, 0.25) is 0 Å². The standard InChI is InChI=1S/C11H10ClN3O2.C9H7N3O5/c12-14-5-6-2-1-3-7(4-6)15-9-8(13)10(16)11(9)17;1-17-8(16)5-2-4(7(14)15)11-9-10-3-6(13)12(5)9/h1-4,14-15H,5,13H2;2-3,13H,1H3,(H,14,15). The van der Waals surface area contributed by atoms with Crippen molar-refractivity contribution >= 4 is 46.6 Å². The number of carbonyl (C=O) groups excluding carboxylic acids is 1. The molecule has 2 aromatic heterocycles. The highest BCUT2D eigenvalue weighted by Gasteiger charge is 2.19. The smallest absolute Gasteiger partial charge is 0.355 e. The van der Waals surface area contributed by atoms with Crippen molar-refractivity contribution in [3.8, 4) is 5.88 Å². The van der Waals surface area contributed by atoms with E-state index in [-0.39, 0.29) is 34.4 Å². The lowest BCUT2D eigenvalue weighted by molar-refractivity contribution is 0.0591. The molecule has 4 rings (SSSR count). The number of esters is 1. The van der Waals surface area contributed by atoms with E-state index in [0.717, 1.165) is 29.3 Å². The highest BCUT2D eigenvalue weighted by Crippen LogP contribution is 2.19. The van der Waals surface area contributed by atoms with Gasteiger partial charge in [-0.1, -0.05) is 12.1 Å². The van der Waals surface area contributed by atoms with Crippen LogP contribution in [0.3, 0.4) is 0 Å². The Balaban J connectivity index is 0.000000191. The molecule has 6 N–H and O–H groups in total. The molecule has 176 valence electrons. The average molecular weight is 489 g/mol. The van der Waals surface area contributed by atoms with E-state index in [0.29, 0.717) is 12.2 Å². The van der Waals surface area contributed by atoms with Gasteiger partial charge in [0.15, 0.2) is 5.69 Å². The molecule has 4 aromatic rings. The molecular formula is C20H17ClN6O7. The molecule has 0 aliphatic rings. The number of ether oxygens (including phenoxy) is 1. The molecule has 0 radical (unpaired) electrons. The first-order chi connectivity index (χ1) is 16.2. The molecule has 2 heterocycles. The van der Waals surface area contributed by atoms with Gasteiger partial charge in [0.05, 0.1) is 13.3 Å². The van der Waals surface area contributed by atoms with Crippen LogP contribution in [0.25, 0.3) is 5.78 Å². The molecule has 0 fully saturated rings. The molecular weight excluding hydrogens is 472 g/mol. The Morgan fingerprint density at radius 3 is 2.59 bits per heavy atom. The van der Waals surface area contributed by atoms with Gasteiger partial charge in [-0.3, -0.25) is 9.59 Å². The molecule has 0 bridgehead atoms. The van der Waals surface area contributed by atoms with Crippen molar-refractivity contribution in [3.63, 3.8) is 0 Å². The van der Waals surface area contributed by atoms with Crippen LogP contribution in [0, 0.1) is 0 Å². The number of hydrogen-bond donors (Lipinski definition) is 5. The minimum Gasteiger partial charge on any atom is -0.493 e. The SMILES string of the molecule is COC(=O)c1cc(C(=O)O)nc2ncc(O)n12.Nc1c(Nc2cccc(CNCl)c2)c(=O)c1=O. The van der Waals surface area contributed by atoms with Crippen LogP contribution < -0.4 is 26.7 Å². The number of carbonyl (C=O) groups is 2. The van der Waals surface area contributed by atoms with Crippen LogP contribution in [-0.2, 0) is 11.3 Å². The van der Waals surface area contributed by atoms with Gasteiger partial charge < -0.3 is 26.0 Å². The van der Waals surface area contributed by atoms with Crippen LogP contribution >= 0.6 is 11.8 Å². The zero-order chi connectivity index (χ0) is 25.0. The van der Waals surface area contributed by atoms with E-state index in [1.54, 1.807) is 6.07 Å². The Morgan fingerprint density at radius 1 is 1.24 bits per heavy atom. The molecule has 0 aliphatic carbocycles. The summed E-state index contributed by atoms with van der Waals surface area (Å²) in [7, 11) is 1.14. The topological polar surface area (TPSA) is 198 Å². The summed E-state index contributed by atoms with van der Waals surface area (Å²) in [5.74, 6) is -2.53. The average Bonchev–Trinajstić information content (AvgIpc) is 3.22. The summed E-state index contributed by atoms with van der Waals surface area (Å²) in [4.78, 5) is 54.2. The highest BCUT2D eigenvalue weighted by molar-refractivity contribution is 6.13. The van der Waals surface area contributed by atoms with Crippen LogP contribution in [-0.4, -0.2) is 43.6 Å². The molecule has 0 spiro atoms. The van der Waals surface area contributed by atoms with Gasteiger partial charge in [0.25, 0.3) is 10.9 Å². The number of nitrogens with one attached hydrogen (secondary N) is 2. The molecule has 0 amide bonds. The third kappa shape index (κ3) is 4.79. The Hall–Kier alpha value is -4.49. The number of hydrogen-bond acceptors (Lipinski definition) is 11. The van der Waals surface area contributed by atoms with Gasteiger partial charge >= 0.3 is 11.9 Å². The number of fused-ring (bicyclic) bond motifs is 1. The van der Waals surface area contributed by atoms with E-state index in [2.05, 4.69) is 24.9 Å². The number of benzene rings is 1. The number of rotatable bonds is 6. The van der Waals surface area contributed by atoms with E-state index in [1.165, 1.54) is 0 Å². The van der Waals surface area contributed by atoms with Gasteiger partial charge in [0.1, 0.15) is 17.1 Å². The number of nitrogen functional groups attached to an aromatic ring is 1. The fourth-order valence-corrected chi connectivity index (χ4v) is 3.01. The van der Waals surface area contributed by atoms with E-state index in [1.807, 2.05) is 18.2 Å². The number of nitrogens with zero attached hydrogens (tertiary/aromatic N) is 3. The van der Waals surface area contributed by atoms with E-state index < -0.39 is 22.8 Å². The third-order valence-corrected chi connectivity index (χ3v) is 4.62. The van der Waals surface area contributed by atoms with Gasteiger partial charge in [-0.15, -0.1) is 0 Å². The van der Waals surface area contributed by atoms with Crippen LogP contribution in [0.15, 0.2) is 46.1 Å². The van der Waals surface area contributed by atoms with Crippen LogP contribution in [0.5, 0.6) is 5.88 Å². The fourth-order valence-electron chi connectivity index (χ4n) is 2.86. The van der Waals surface area contributed by atoms with Crippen molar-refractivity contribution in [3.05, 3.63) is 73.9 Å². The number of halogens is 1. The Morgan fingerprint density at radius 2 is 1.97 bits per heavy atom. The number of carboxylic acids is 1. The van der Waals surface area contributed by atoms with Gasteiger partial charge in [-0.25, -0.2) is 28.8 Å². The molecule has 0 unspecified atom stereocenters. The minimum atomic E-state index is -1.31. The Kier molecular flexibility index (Phi) is 7.09. The summed E-state index contributed by atoms with van der Waals surface area (Å²) < 4.78 is 5.48. The van der Waals surface area contributed by atoms with Crippen LogP contribution in [0.1, 0.15) is 26.5 Å². The second-order valence-electron chi connectivity index (χ2n) is 6.66. The number of anilines is 3. The molecule has 0 atom stereocenters. The fraction of sp³-hybridized carbons (Fsp3) is 0.100. The first kappa shape index (κ1) is 24.2. The summed E-state index contributed by atoms with van der Waals surface area (Å²) in [5, 5.41) is 21.1. The molecule has 2 aromatic carbocycles. The second-order valence-corrected chi connectivity index (χ2v) is 6.93. The van der Waals surface area contributed by atoms with Crippen molar-refractivity contribution in [2.75, 3.05) is 18.2 Å². The minimum absolute atomic E-state index is 0.0177. The second kappa shape index (κ2) is 9.97. The predicted octanol–water partition coefficient (Wildman–Crippen LogP) is 0.771. The summed E-state index contributed by atoms with van der Waals surface area (Å²) in [6, 6.07) is 8.28. The monoisotopic (exact) mass is 488 g/mol.